The Kier molecular flexibility index (Phi) is 21.7. The summed E-state index contributed by atoms with van der Waals surface area (Å²) in [6, 6.07) is 11.1. The molecule has 7 N–H and O–H groups in total. The molecule has 20 heteroatoms. The van der Waals surface area contributed by atoms with Crippen molar-refractivity contribution < 1.29 is 43.2 Å². The summed E-state index contributed by atoms with van der Waals surface area (Å²) in [6.07, 6.45) is 8.60. The maximum Gasteiger partial charge on any atom is 0.321 e. The van der Waals surface area contributed by atoms with E-state index in [0.717, 1.165) is 32.1 Å². The van der Waals surface area contributed by atoms with E-state index in [2.05, 4.69) is 47.2 Å². The van der Waals surface area contributed by atoms with Crippen molar-refractivity contribution in [1.82, 2.24) is 51.7 Å². The molecule has 2 aromatic carbocycles. The van der Waals surface area contributed by atoms with Gasteiger partial charge in [0, 0.05) is 58.2 Å². The molecule has 0 aliphatic heterocycles. The predicted octanol–water partition coefficient (Wildman–Crippen LogP) is 2.64. The Bertz CT molecular complexity index is 2210. The number of hydrogen-bond donors (Lipinski definition) is 7. The summed E-state index contributed by atoms with van der Waals surface area (Å²) < 4.78 is 0. The van der Waals surface area contributed by atoms with Crippen molar-refractivity contribution in [3.8, 4) is 0 Å². The van der Waals surface area contributed by atoms with Crippen LogP contribution in [0.15, 0.2) is 79.3 Å². The van der Waals surface area contributed by atoms with E-state index in [1.165, 1.54) is 35.3 Å². The monoisotopic (exact) mass is 954 g/mol. The van der Waals surface area contributed by atoms with Gasteiger partial charge in [0.25, 0.3) is 11.8 Å². The summed E-state index contributed by atoms with van der Waals surface area (Å²) in [4.78, 5) is 131. The quantitative estimate of drug-likeness (QED) is 0.0642. The second-order valence-electron chi connectivity index (χ2n) is 17.5. The minimum absolute atomic E-state index is 0.0575. The molecule has 5 atom stereocenters. The highest BCUT2D eigenvalue weighted by Crippen LogP contribution is 2.27. The van der Waals surface area contributed by atoms with Crippen LogP contribution >= 0.6 is 0 Å². The topological polar surface area (TPSA) is 270 Å². The van der Waals surface area contributed by atoms with Crippen molar-refractivity contribution in [2.24, 2.45) is 11.8 Å². The Labute approximate surface area is 403 Å². The summed E-state index contributed by atoms with van der Waals surface area (Å²) in [5.41, 5.74) is 1.06. The van der Waals surface area contributed by atoms with Crippen LogP contribution in [0.3, 0.4) is 0 Å². The molecule has 1 heterocycles. The van der Waals surface area contributed by atoms with Gasteiger partial charge < -0.3 is 47.0 Å². The Morgan fingerprint density at radius 1 is 0.739 bits per heavy atom. The molecule has 372 valence electrons. The highest BCUT2D eigenvalue weighted by atomic mass is 16.2. The molecule has 0 saturated heterocycles. The van der Waals surface area contributed by atoms with E-state index >= 15 is 0 Å². The molecule has 1 fully saturated rings. The van der Waals surface area contributed by atoms with E-state index in [4.69, 9.17) is 0 Å². The maximum absolute atomic E-state index is 13.9. The van der Waals surface area contributed by atoms with Crippen molar-refractivity contribution in [2.75, 3.05) is 39.0 Å². The molecule has 1 aliphatic carbocycles. The highest BCUT2D eigenvalue weighted by Gasteiger charge is 2.35. The van der Waals surface area contributed by atoms with Gasteiger partial charge in [0.1, 0.15) is 29.9 Å². The van der Waals surface area contributed by atoms with Gasteiger partial charge in [-0.25, -0.2) is 9.78 Å². The minimum atomic E-state index is -1.25. The maximum atomic E-state index is 13.9. The summed E-state index contributed by atoms with van der Waals surface area (Å²) in [7, 11) is 3.09. The number of carbonyl (C=O) groups excluding carboxylic acids is 9. The molecule has 1 aromatic heterocycles. The first-order valence-corrected chi connectivity index (χ1v) is 23.5. The van der Waals surface area contributed by atoms with Crippen molar-refractivity contribution in [3.63, 3.8) is 0 Å². The Hall–Kier alpha value is -7.25. The van der Waals surface area contributed by atoms with Gasteiger partial charge in [0.2, 0.25) is 35.3 Å². The Morgan fingerprint density at radius 3 is 2.01 bits per heavy atom. The molecular weight excluding hydrogens is 887 g/mol. The van der Waals surface area contributed by atoms with Gasteiger partial charge in [-0.1, -0.05) is 95.0 Å². The number of Topliss-reactive ketones (excluding diaryl/α,β-unsaturated/α-hetero) is 1. The average Bonchev–Trinajstić information content (AvgIpc) is 3.35. The number of carbonyl (C=O) groups is 9. The standard InChI is InChI=1S/C49H67N11O9/c1-7-17-36(42(62)47(67)53-32(4)43(63)58-41(48(68)59(5)6)34-20-13-9-14-21-34)55-38(61)24-28-60(49(69)54-35-22-15-10-16-23-35)29-27-52-45(65)39(31(2)3)56-46(66)40(33-18-11-8-12-19-33)57-44(64)37-30-50-25-26-51-37/h9-10,13-16,20-23,25-26,30-33,36,39-41H,7-8,11-12,17-19,24,27-29H2,1-6H3,(H,52,65)(H,53,67)(H,54,69)(H,55,61)(H,56,66)(H,57,64)(H,58,63)/t32-,36-,39-,40-,41-/m0/s1. The van der Waals surface area contributed by atoms with Gasteiger partial charge in [-0.15, -0.1) is 0 Å². The van der Waals surface area contributed by atoms with Gasteiger partial charge in [0.15, 0.2) is 0 Å². The Balaban J connectivity index is 1.38. The summed E-state index contributed by atoms with van der Waals surface area (Å²) in [5.74, 6) is -5.97. The SMILES string of the molecule is CCC[C@H](NC(=O)CCN(CCNC(=O)[C@@H](NC(=O)[C@@H](NC(=O)c1cnccn1)C1CCCCC1)C(C)C)C(=O)Nc1ccccc1)C(=O)C(=O)N[C@@H](C)C(=O)N[C@H](C(=O)N(C)C)c1ccccc1. The van der Waals surface area contributed by atoms with Crippen LogP contribution in [0, 0.1) is 11.8 Å². The molecule has 0 radical (unpaired) electrons. The number of benzene rings is 2. The van der Waals surface area contributed by atoms with Crippen LogP contribution in [0.2, 0.25) is 0 Å². The van der Waals surface area contributed by atoms with E-state index in [1.54, 1.807) is 95.5 Å². The van der Waals surface area contributed by atoms with Crippen molar-refractivity contribution in [1.29, 1.82) is 0 Å². The van der Waals surface area contributed by atoms with Crippen LogP contribution in [0.25, 0.3) is 0 Å². The van der Waals surface area contributed by atoms with Gasteiger partial charge in [-0.05, 0) is 55.7 Å². The molecule has 20 nitrogen and oxygen atoms in total. The lowest BCUT2D eigenvalue weighted by molar-refractivity contribution is -0.141. The van der Waals surface area contributed by atoms with Crippen LogP contribution in [-0.2, 0) is 33.6 Å². The first-order valence-electron chi connectivity index (χ1n) is 23.5. The number of para-hydroxylation sites is 1. The number of aromatic nitrogens is 2. The number of likely N-dealkylation sites (N-methyl/N-ethyl adjacent to an activating group) is 1. The number of nitrogens with zero attached hydrogens (tertiary/aromatic N) is 4. The third-order valence-electron chi connectivity index (χ3n) is 11.6. The molecule has 9 amide bonds. The fourth-order valence-electron chi connectivity index (χ4n) is 7.75. The molecule has 3 aromatic rings. The Morgan fingerprint density at radius 2 is 1.41 bits per heavy atom. The number of ketones is 1. The zero-order valence-electron chi connectivity index (χ0n) is 40.3. The third-order valence-corrected chi connectivity index (χ3v) is 11.6. The van der Waals surface area contributed by atoms with Gasteiger partial charge in [0.05, 0.1) is 12.2 Å². The lowest BCUT2D eigenvalue weighted by Gasteiger charge is -2.32. The van der Waals surface area contributed by atoms with Gasteiger partial charge in [-0.2, -0.15) is 0 Å². The van der Waals surface area contributed by atoms with Crippen LogP contribution < -0.4 is 37.2 Å². The first-order chi connectivity index (χ1) is 33.0. The molecule has 1 aliphatic rings. The van der Waals surface area contributed by atoms with Crippen LogP contribution in [0.1, 0.15) is 101 Å². The lowest BCUT2D eigenvalue weighted by Crippen LogP contribution is -2.58. The zero-order valence-corrected chi connectivity index (χ0v) is 40.3. The number of rotatable bonds is 24. The van der Waals surface area contributed by atoms with E-state index in [0.29, 0.717) is 17.7 Å². The van der Waals surface area contributed by atoms with Crippen LogP contribution in [-0.4, -0.2) is 131 Å². The number of anilines is 1. The minimum Gasteiger partial charge on any atom is -0.353 e. The third kappa shape index (κ3) is 17.1. The second kappa shape index (κ2) is 27.5. The largest absolute Gasteiger partial charge is 0.353 e. The lowest BCUT2D eigenvalue weighted by atomic mass is 9.83. The van der Waals surface area contributed by atoms with E-state index < -0.39 is 83.4 Å². The summed E-state index contributed by atoms with van der Waals surface area (Å²) >= 11 is 0. The van der Waals surface area contributed by atoms with Gasteiger partial charge in [-0.3, -0.25) is 43.3 Å². The van der Waals surface area contributed by atoms with E-state index in [1.807, 2.05) is 0 Å². The summed E-state index contributed by atoms with van der Waals surface area (Å²) in [6.45, 7) is 6.36. The van der Waals surface area contributed by atoms with E-state index in [9.17, 15) is 43.2 Å². The first kappa shape index (κ1) is 54.4. The molecule has 0 spiro atoms. The smallest absolute Gasteiger partial charge is 0.321 e. The fourth-order valence-corrected chi connectivity index (χ4v) is 7.75. The fraction of sp³-hybridized carbons (Fsp3) is 0.490. The number of urea groups is 1. The molecular formula is C49H67N11O9. The summed E-state index contributed by atoms with van der Waals surface area (Å²) in [5, 5.41) is 18.9. The highest BCUT2D eigenvalue weighted by molar-refractivity contribution is 6.38. The van der Waals surface area contributed by atoms with Crippen LogP contribution in [0.4, 0.5) is 10.5 Å². The van der Waals surface area contributed by atoms with Crippen molar-refractivity contribution in [2.45, 2.75) is 109 Å². The second-order valence-corrected chi connectivity index (χ2v) is 17.5. The molecule has 69 heavy (non-hydrogen) atoms. The molecule has 0 bridgehead atoms. The molecule has 1 saturated carbocycles. The number of nitrogens with one attached hydrogen (secondary N) is 7. The van der Waals surface area contributed by atoms with Gasteiger partial charge >= 0.3 is 6.03 Å². The van der Waals surface area contributed by atoms with Crippen molar-refractivity contribution in [3.05, 3.63) is 90.5 Å². The molecule has 0 unspecified atom stereocenters. The van der Waals surface area contributed by atoms with E-state index in [-0.39, 0.29) is 50.0 Å². The number of amides is 9. The van der Waals surface area contributed by atoms with Crippen LogP contribution in [0.5, 0.6) is 0 Å². The predicted molar refractivity (Wildman–Crippen MR) is 257 cm³/mol. The molecule has 4 rings (SSSR count). The normalized spacial score (nSPS) is 14.6. The average molecular weight is 954 g/mol. The zero-order chi connectivity index (χ0) is 50.5. The van der Waals surface area contributed by atoms with Crippen molar-refractivity contribution >= 4 is 58.9 Å². The number of hydrogen-bond acceptors (Lipinski definition) is 11.